The Balaban J connectivity index is 0.000000549. The average molecular weight is 1350 g/mol. The van der Waals surface area contributed by atoms with Gasteiger partial charge in [0.05, 0.1) is 51.8 Å². The zero-order chi connectivity index (χ0) is 73.1. The third kappa shape index (κ3) is 38.1. The summed E-state index contributed by atoms with van der Waals surface area (Å²) < 4.78 is 34.0. The van der Waals surface area contributed by atoms with Crippen molar-refractivity contribution in [1.29, 1.82) is 0 Å². The Bertz CT molecular complexity index is 1710. The van der Waals surface area contributed by atoms with Crippen LogP contribution in [-0.4, -0.2) is 64.4 Å². The van der Waals surface area contributed by atoms with E-state index in [2.05, 4.69) is 258 Å². The standard InChI is InChI=1S/C12H24.2C12H22.C12H18.2C11H22O.2C10H20O2/c4*1-9(2)11-5-7-12(8-6-11)10(3)4;2*1-8(2)10-5-6-11(9(3)4)12-7-10;2*1-7(2)9-5-11-10(8(3)4)12-6-9/h9-12H,5-8H2,1-4H3;2*5,9-10,12H,6-8H2,1-4H3;5-10H,1-4H3;2*8-11H,5-7H2,1-4H3;2*7-10H,5-6H2,1-4H3. The zero-order valence-corrected chi connectivity index (χ0v) is 70.2. The number of hydrogen-bond donors (Lipinski definition) is 0. The molecule has 3 aliphatic carbocycles. The predicted octanol–water partition coefficient (Wildman–Crippen LogP) is 26.9. The van der Waals surface area contributed by atoms with Crippen LogP contribution < -0.4 is 0 Å². The molecule has 4 heterocycles. The third-order valence-electron chi connectivity index (χ3n) is 23.3. The highest BCUT2D eigenvalue weighted by atomic mass is 16.7. The molecule has 6 nitrogen and oxygen atoms in total. The molecule has 0 bridgehead atoms. The third-order valence-corrected chi connectivity index (χ3v) is 23.3. The van der Waals surface area contributed by atoms with Crippen LogP contribution in [0.2, 0.25) is 0 Å². The highest BCUT2D eigenvalue weighted by Crippen LogP contribution is 2.38. The van der Waals surface area contributed by atoms with Crippen LogP contribution in [0.4, 0.5) is 0 Å². The lowest BCUT2D eigenvalue weighted by Gasteiger charge is -2.33. The van der Waals surface area contributed by atoms with E-state index in [0.717, 1.165) is 122 Å². The van der Waals surface area contributed by atoms with E-state index in [-0.39, 0.29) is 12.6 Å². The van der Waals surface area contributed by atoms with Gasteiger partial charge >= 0.3 is 0 Å². The molecule has 0 amide bonds. The van der Waals surface area contributed by atoms with Crippen LogP contribution in [0, 0.1) is 130 Å². The van der Waals surface area contributed by atoms with E-state index in [1.807, 2.05) is 0 Å². The van der Waals surface area contributed by atoms with E-state index in [0.29, 0.717) is 71.4 Å². The molecule has 0 N–H and O–H groups in total. The zero-order valence-electron chi connectivity index (χ0n) is 70.2. The summed E-state index contributed by atoms with van der Waals surface area (Å²) in [6.07, 6.45) is 25.5. The summed E-state index contributed by atoms with van der Waals surface area (Å²) in [4.78, 5) is 0. The Morgan fingerprint density at radius 1 is 0.229 bits per heavy atom. The molecule has 5 fully saturated rings. The normalized spacial score (nSPS) is 27.3. The smallest absolute Gasteiger partial charge is 0.159 e. The first-order valence-electron chi connectivity index (χ1n) is 41.0. The van der Waals surface area contributed by atoms with Crippen LogP contribution in [0.5, 0.6) is 0 Å². The van der Waals surface area contributed by atoms with Gasteiger partial charge in [0.1, 0.15) is 0 Å². The quantitative estimate of drug-likeness (QED) is 0.154. The Hall–Kier alpha value is -1.54. The van der Waals surface area contributed by atoms with E-state index < -0.39 is 0 Å². The van der Waals surface area contributed by atoms with Gasteiger partial charge in [-0.2, -0.15) is 0 Å². The molecular weight excluding hydrogens is 1180 g/mol. The maximum atomic E-state index is 5.81. The fourth-order valence-corrected chi connectivity index (χ4v) is 14.0. The molecule has 6 heteroatoms. The molecule has 4 saturated heterocycles. The van der Waals surface area contributed by atoms with E-state index in [9.17, 15) is 0 Å². The minimum absolute atomic E-state index is 0.0278. The largest absolute Gasteiger partial charge is 0.378 e. The van der Waals surface area contributed by atoms with E-state index in [1.165, 1.54) is 101 Å². The van der Waals surface area contributed by atoms with Crippen molar-refractivity contribution in [3.8, 4) is 0 Å². The van der Waals surface area contributed by atoms with Gasteiger partial charge in [0.15, 0.2) is 12.6 Å². The maximum Gasteiger partial charge on any atom is 0.159 e. The van der Waals surface area contributed by atoms with Crippen molar-refractivity contribution in [3.05, 3.63) is 58.7 Å². The molecule has 96 heavy (non-hydrogen) atoms. The summed E-state index contributed by atoms with van der Waals surface area (Å²) in [6, 6.07) is 8.94. The van der Waals surface area contributed by atoms with Gasteiger partial charge in [0, 0.05) is 23.7 Å². The molecule has 1 saturated carbocycles. The number of allylic oxidation sites excluding steroid dienone is 4. The van der Waals surface area contributed by atoms with Gasteiger partial charge in [-0.15, -0.1) is 0 Å². The van der Waals surface area contributed by atoms with E-state index >= 15 is 0 Å². The number of ether oxygens (including phenoxy) is 6. The van der Waals surface area contributed by atoms with Crippen LogP contribution in [0.25, 0.3) is 0 Å². The minimum Gasteiger partial charge on any atom is -0.378 e. The van der Waals surface area contributed by atoms with E-state index in [1.54, 1.807) is 11.1 Å². The number of benzene rings is 1. The van der Waals surface area contributed by atoms with Gasteiger partial charge in [0.2, 0.25) is 0 Å². The summed E-state index contributed by atoms with van der Waals surface area (Å²) in [5.74, 6) is 18.4. The van der Waals surface area contributed by atoms with Crippen molar-refractivity contribution < 1.29 is 28.4 Å². The topological polar surface area (TPSA) is 55.4 Å². The first kappa shape index (κ1) is 92.5. The Kier molecular flexibility index (Phi) is 48.1. The molecule has 6 unspecified atom stereocenters. The summed E-state index contributed by atoms with van der Waals surface area (Å²) >= 11 is 0. The second-order valence-electron chi connectivity index (χ2n) is 36.5. The minimum atomic E-state index is 0.0278. The first-order valence-corrected chi connectivity index (χ1v) is 41.0. The van der Waals surface area contributed by atoms with Crippen molar-refractivity contribution in [2.24, 2.45) is 130 Å². The van der Waals surface area contributed by atoms with Crippen LogP contribution >= 0.6 is 0 Å². The summed E-state index contributed by atoms with van der Waals surface area (Å²) in [7, 11) is 0. The van der Waals surface area contributed by atoms with Crippen molar-refractivity contribution in [1.82, 2.24) is 0 Å². The monoisotopic (exact) mass is 1350 g/mol. The Labute approximate surface area is 601 Å². The van der Waals surface area contributed by atoms with Crippen LogP contribution in [0.15, 0.2) is 47.6 Å². The summed E-state index contributed by atoms with van der Waals surface area (Å²) in [5.41, 5.74) is 6.23. The molecule has 0 spiro atoms. The van der Waals surface area contributed by atoms with Gasteiger partial charge in [-0.05, 0) is 219 Å². The lowest BCUT2D eigenvalue weighted by Crippen LogP contribution is -2.37. The van der Waals surface area contributed by atoms with Gasteiger partial charge in [-0.25, -0.2) is 0 Å². The molecule has 4 aliphatic heterocycles. The molecule has 6 atom stereocenters. The molecule has 1 aromatic rings. The first-order chi connectivity index (χ1) is 44.9. The predicted molar refractivity (Wildman–Crippen MR) is 422 cm³/mol. The molecule has 7 aliphatic rings. The Morgan fingerprint density at radius 2 is 0.469 bits per heavy atom. The van der Waals surface area contributed by atoms with Crippen molar-refractivity contribution in [3.63, 3.8) is 0 Å². The van der Waals surface area contributed by atoms with Gasteiger partial charge in [-0.1, -0.05) is 269 Å². The van der Waals surface area contributed by atoms with Gasteiger partial charge in [0.25, 0.3) is 0 Å². The number of hydrogen-bond acceptors (Lipinski definition) is 6. The van der Waals surface area contributed by atoms with Gasteiger partial charge < -0.3 is 28.4 Å². The number of rotatable bonds is 16. The van der Waals surface area contributed by atoms with Crippen molar-refractivity contribution in [2.45, 2.75) is 348 Å². The average Bonchev–Trinajstić information content (AvgIpc) is 1.40. The SMILES string of the molecule is CC(C)C1=CCC(C(C)C)CC1.CC(C)C1=CCC(C(C)C)CC1.CC(C)C1CCC(C(C)C)CC1.CC(C)C1CCC(C(C)C)OC1.CC(C)C1CCC(C(C)C)OC1.CC(C)C1COC(C(C)C)OC1.CC(C)C1COC(C(C)C)OC1.CC(C)c1ccc(C(C)C)cc1. The van der Waals surface area contributed by atoms with Gasteiger partial charge in [-0.3, -0.25) is 0 Å². The van der Waals surface area contributed by atoms with Crippen LogP contribution in [-0.2, 0) is 28.4 Å². The molecule has 0 radical (unpaired) electrons. The fourth-order valence-electron chi connectivity index (χ4n) is 14.0. The Morgan fingerprint density at radius 3 is 0.635 bits per heavy atom. The summed E-state index contributed by atoms with van der Waals surface area (Å²) in [5, 5.41) is 0. The summed E-state index contributed by atoms with van der Waals surface area (Å²) in [6.45, 7) is 78.0. The molecule has 8 rings (SSSR count). The fraction of sp³-hybridized carbons (Fsp3) is 0.889. The molecule has 0 aromatic heterocycles. The molecular formula is C90H170O6. The second-order valence-corrected chi connectivity index (χ2v) is 36.5. The second kappa shape index (κ2) is 50.0. The lowest BCUT2D eigenvalue weighted by molar-refractivity contribution is -0.224. The molecule has 566 valence electrons. The lowest BCUT2D eigenvalue weighted by atomic mass is 9.73. The highest BCUT2D eigenvalue weighted by molar-refractivity contribution is 5.26. The van der Waals surface area contributed by atoms with E-state index in [4.69, 9.17) is 28.4 Å². The maximum absolute atomic E-state index is 5.81. The molecule has 1 aromatic carbocycles. The van der Waals surface area contributed by atoms with Crippen molar-refractivity contribution >= 4 is 0 Å². The van der Waals surface area contributed by atoms with Crippen LogP contribution in [0.3, 0.4) is 0 Å². The van der Waals surface area contributed by atoms with Crippen molar-refractivity contribution in [2.75, 3.05) is 39.6 Å². The highest BCUT2D eigenvalue weighted by Gasteiger charge is 2.30. The van der Waals surface area contributed by atoms with Crippen LogP contribution in [0.1, 0.15) is 334 Å².